The van der Waals surface area contributed by atoms with E-state index < -0.39 is 5.76 Å². The van der Waals surface area contributed by atoms with Crippen LogP contribution in [0.15, 0.2) is 35.4 Å². The van der Waals surface area contributed by atoms with Crippen molar-refractivity contribution in [2.75, 3.05) is 5.32 Å². The second-order valence-corrected chi connectivity index (χ2v) is 6.12. The molecular weight excluding hydrogens is 298 g/mol. The Morgan fingerprint density at radius 3 is 2.61 bits per heavy atom. The van der Waals surface area contributed by atoms with Gasteiger partial charge in [0.25, 0.3) is 5.76 Å². The summed E-state index contributed by atoms with van der Waals surface area (Å²) < 4.78 is 24.9. The predicted octanol–water partition coefficient (Wildman–Crippen LogP) is 4.72. The highest BCUT2D eigenvalue weighted by atomic mass is 35.5. The summed E-state index contributed by atoms with van der Waals surface area (Å²) in [7, 11) is 0. The Labute approximate surface area is 116 Å². The highest BCUT2D eigenvalue weighted by molar-refractivity contribution is 7.99. The fraction of sp³-hybridized carbons (Fsp3) is 0.182. The highest BCUT2D eigenvalue weighted by Crippen LogP contribution is 2.26. The lowest BCUT2D eigenvalue weighted by atomic mass is 10.3. The first-order valence-electron chi connectivity index (χ1n) is 5.02. The van der Waals surface area contributed by atoms with Crippen LogP contribution in [0.2, 0.25) is 4.34 Å². The van der Waals surface area contributed by atoms with Gasteiger partial charge in [0.05, 0.1) is 12.7 Å². The van der Waals surface area contributed by atoms with E-state index in [1.54, 1.807) is 30.5 Å². The number of anilines is 1. The monoisotopic (exact) mass is 306 g/mol. The molecule has 2 rings (SSSR count). The molecule has 0 amide bonds. The van der Waals surface area contributed by atoms with Gasteiger partial charge in [-0.15, -0.1) is 11.3 Å². The van der Waals surface area contributed by atoms with Crippen LogP contribution < -0.4 is 5.32 Å². The Morgan fingerprint density at radius 2 is 2.06 bits per heavy atom. The van der Waals surface area contributed by atoms with Crippen molar-refractivity contribution < 1.29 is 8.78 Å². The van der Waals surface area contributed by atoms with Gasteiger partial charge in [-0.1, -0.05) is 23.4 Å². The number of thiazole rings is 1. The number of aromatic nitrogens is 1. The van der Waals surface area contributed by atoms with Crippen molar-refractivity contribution in [2.45, 2.75) is 17.2 Å². The first kappa shape index (κ1) is 13.6. The molecule has 2 aromatic rings. The Bertz CT molecular complexity index is 502. The van der Waals surface area contributed by atoms with Gasteiger partial charge in [-0.25, -0.2) is 4.98 Å². The van der Waals surface area contributed by atoms with E-state index in [9.17, 15) is 8.78 Å². The molecule has 0 radical (unpaired) electrons. The zero-order chi connectivity index (χ0) is 13.0. The number of rotatable bonds is 5. The molecule has 0 spiro atoms. The normalized spacial score (nSPS) is 10.9. The minimum Gasteiger partial charge on any atom is -0.379 e. The zero-order valence-electron chi connectivity index (χ0n) is 9.07. The van der Waals surface area contributed by atoms with Gasteiger partial charge in [-0.05, 0) is 24.3 Å². The summed E-state index contributed by atoms with van der Waals surface area (Å²) >= 11 is 7.71. The Balaban J connectivity index is 1.90. The average molecular weight is 307 g/mol. The smallest absolute Gasteiger partial charge is 0.288 e. The Kier molecular flexibility index (Phi) is 4.79. The summed E-state index contributed by atoms with van der Waals surface area (Å²) in [6, 6.07) is 6.85. The van der Waals surface area contributed by atoms with Crippen LogP contribution in [0, 0.1) is 0 Å². The number of benzene rings is 1. The third-order valence-corrected chi connectivity index (χ3v) is 3.89. The third-order valence-electron chi connectivity index (χ3n) is 2.05. The predicted molar refractivity (Wildman–Crippen MR) is 72.8 cm³/mol. The number of halogens is 3. The summed E-state index contributed by atoms with van der Waals surface area (Å²) in [5.41, 5.74) is 0.861. The van der Waals surface area contributed by atoms with Crippen LogP contribution in [0.4, 0.5) is 14.5 Å². The fourth-order valence-electron chi connectivity index (χ4n) is 1.30. The summed E-state index contributed by atoms with van der Waals surface area (Å²) in [6.45, 7) is 0.568. The van der Waals surface area contributed by atoms with E-state index in [1.165, 1.54) is 11.3 Å². The first-order valence-corrected chi connectivity index (χ1v) is 7.10. The molecule has 1 aromatic heterocycles. The molecule has 18 heavy (non-hydrogen) atoms. The lowest BCUT2D eigenvalue weighted by Gasteiger charge is -2.05. The van der Waals surface area contributed by atoms with E-state index in [0.29, 0.717) is 27.5 Å². The van der Waals surface area contributed by atoms with E-state index in [1.807, 2.05) is 0 Å². The molecule has 96 valence electrons. The van der Waals surface area contributed by atoms with Gasteiger partial charge < -0.3 is 5.32 Å². The van der Waals surface area contributed by atoms with Crippen LogP contribution >= 0.6 is 34.7 Å². The number of thioether (sulfide) groups is 1. The molecule has 0 unspecified atom stereocenters. The maximum Gasteiger partial charge on any atom is 0.288 e. The van der Waals surface area contributed by atoms with Crippen LogP contribution in [0.25, 0.3) is 0 Å². The van der Waals surface area contributed by atoms with Crippen LogP contribution in [-0.4, -0.2) is 10.7 Å². The molecule has 0 aliphatic rings. The largest absolute Gasteiger partial charge is 0.379 e. The van der Waals surface area contributed by atoms with Crippen LogP contribution in [-0.2, 0) is 6.54 Å². The molecule has 1 heterocycles. The van der Waals surface area contributed by atoms with E-state index in [2.05, 4.69) is 10.3 Å². The van der Waals surface area contributed by atoms with Gasteiger partial charge in [0.2, 0.25) is 0 Å². The maximum absolute atomic E-state index is 12.1. The van der Waals surface area contributed by atoms with E-state index in [-0.39, 0.29) is 0 Å². The average Bonchev–Trinajstić information content (AvgIpc) is 2.74. The van der Waals surface area contributed by atoms with Crippen molar-refractivity contribution in [3.05, 3.63) is 39.8 Å². The number of nitrogens with zero attached hydrogens (tertiary/aromatic N) is 1. The molecule has 0 saturated heterocycles. The topological polar surface area (TPSA) is 24.9 Å². The van der Waals surface area contributed by atoms with Gasteiger partial charge in [0, 0.05) is 10.6 Å². The molecule has 0 bridgehead atoms. The van der Waals surface area contributed by atoms with Gasteiger partial charge in [-0.3, -0.25) is 0 Å². The van der Waals surface area contributed by atoms with Crippen molar-refractivity contribution in [1.29, 1.82) is 0 Å². The van der Waals surface area contributed by atoms with E-state index in [4.69, 9.17) is 11.6 Å². The fourth-order valence-corrected chi connectivity index (χ4v) is 2.70. The molecular formula is C11H9ClF2N2S2. The van der Waals surface area contributed by atoms with Crippen molar-refractivity contribution in [3.63, 3.8) is 0 Å². The minimum absolute atomic E-state index is 0.536. The summed E-state index contributed by atoms with van der Waals surface area (Å²) in [5.74, 6) is -2.39. The quantitative estimate of drug-likeness (QED) is 0.809. The van der Waals surface area contributed by atoms with Crippen molar-refractivity contribution >= 4 is 40.4 Å². The van der Waals surface area contributed by atoms with Gasteiger partial charge >= 0.3 is 0 Å². The zero-order valence-corrected chi connectivity index (χ0v) is 11.5. The lowest BCUT2D eigenvalue weighted by molar-refractivity contribution is 0.252. The SMILES string of the molecule is FC(F)Sc1ccc(NCc2ncc(Cl)s2)cc1. The van der Waals surface area contributed by atoms with Crippen LogP contribution in [0.1, 0.15) is 5.01 Å². The molecule has 1 aromatic carbocycles. The number of nitrogens with one attached hydrogen (secondary N) is 1. The van der Waals surface area contributed by atoms with Crippen LogP contribution in [0.3, 0.4) is 0 Å². The third kappa shape index (κ3) is 4.12. The number of alkyl halides is 2. The molecule has 0 saturated carbocycles. The summed E-state index contributed by atoms with van der Waals surface area (Å²) in [4.78, 5) is 4.66. The molecule has 0 fully saturated rings. The van der Waals surface area contributed by atoms with Crippen LogP contribution in [0.5, 0.6) is 0 Å². The van der Waals surface area contributed by atoms with Gasteiger partial charge in [0.15, 0.2) is 0 Å². The van der Waals surface area contributed by atoms with E-state index >= 15 is 0 Å². The number of hydrogen-bond acceptors (Lipinski definition) is 4. The van der Waals surface area contributed by atoms with Gasteiger partial charge in [0.1, 0.15) is 9.34 Å². The second-order valence-electron chi connectivity index (χ2n) is 3.31. The van der Waals surface area contributed by atoms with Crippen molar-refractivity contribution in [2.24, 2.45) is 0 Å². The summed E-state index contributed by atoms with van der Waals surface area (Å²) in [5, 5.41) is 4.03. The molecule has 0 aliphatic carbocycles. The Morgan fingerprint density at radius 1 is 1.33 bits per heavy atom. The van der Waals surface area contributed by atoms with E-state index in [0.717, 1.165) is 10.7 Å². The standard InChI is InChI=1S/C11H9ClF2N2S2/c12-9-5-16-10(18-9)6-15-7-1-3-8(4-2-7)17-11(13)14/h1-5,11,15H,6H2. The lowest BCUT2D eigenvalue weighted by Crippen LogP contribution is -1.98. The maximum atomic E-state index is 12.1. The molecule has 1 N–H and O–H groups in total. The van der Waals surface area contributed by atoms with Crippen molar-refractivity contribution in [1.82, 2.24) is 4.98 Å². The van der Waals surface area contributed by atoms with Gasteiger partial charge in [-0.2, -0.15) is 8.78 Å². The van der Waals surface area contributed by atoms with Crippen molar-refractivity contribution in [3.8, 4) is 0 Å². The molecule has 7 heteroatoms. The number of hydrogen-bond donors (Lipinski definition) is 1. The highest BCUT2D eigenvalue weighted by Gasteiger charge is 2.05. The molecule has 0 atom stereocenters. The Hall–Kier alpha value is -0.850. The first-order chi connectivity index (χ1) is 8.63. The second kappa shape index (κ2) is 6.36. The summed E-state index contributed by atoms with van der Waals surface area (Å²) in [6.07, 6.45) is 1.60. The minimum atomic E-state index is -2.39. The molecule has 0 aliphatic heterocycles. The molecule has 2 nitrogen and oxygen atoms in total.